The first kappa shape index (κ1) is 11.8. The first-order valence-corrected chi connectivity index (χ1v) is 4.12. The molecule has 1 rings (SSSR count). The molecule has 0 amide bonds. The standard InChI is InChI=1S/C7H10F3N3O2/c8-7(9,10)15-6-13-4-5(14-6)3-12-2-1-11/h4,12H,1-3,11H2. The van der Waals surface area contributed by atoms with Crippen molar-refractivity contribution in [2.75, 3.05) is 13.1 Å². The van der Waals surface area contributed by atoms with Gasteiger partial charge in [-0.05, 0) is 0 Å². The van der Waals surface area contributed by atoms with Crippen molar-refractivity contribution in [1.82, 2.24) is 10.3 Å². The topological polar surface area (TPSA) is 73.3 Å². The predicted molar refractivity (Wildman–Crippen MR) is 43.9 cm³/mol. The average Bonchev–Trinajstić information content (AvgIpc) is 2.50. The number of nitrogens with one attached hydrogen (secondary N) is 1. The Labute approximate surface area is 83.4 Å². The first-order chi connectivity index (χ1) is 7.01. The van der Waals surface area contributed by atoms with E-state index in [1.54, 1.807) is 0 Å². The van der Waals surface area contributed by atoms with E-state index in [2.05, 4.69) is 19.5 Å². The molecule has 0 fully saturated rings. The molecule has 0 bridgehead atoms. The molecule has 0 atom stereocenters. The summed E-state index contributed by atoms with van der Waals surface area (Å²) in [5.74, 6) is 0.253. The lowest BCUT2D eigenvalue weighted by atomic mass is 10.5. The molecule has 0 aliphatic carbocycles. The molecule has 0 aliphatic rings. The molecule has 5 nitrogen and oxygen atoms in total. The van der Waals surface area contributed by atoms with Crippen LogP contribution in [0.25, 0.3) is 0 Å². The number of alkyl halides is 3. The molecular formula is C7H10F3N3O2. The van der Waals surface area contributed by atoms with Crippen LogP contribution in [0.5, 0.6) is 6.08 Å². The van der Waals surface area contributed by atoms with Crippen LogP contribution >= 0.6 is 0 Å². The van der Waals surface area contributed by atoms with Crippen LogP contribution in [0.3, 0.4) is 0 Å². The van der Waals surface area contributed by atoms with Crippen molar-refractivity contribution in [3.8, 4) is 6.08 Å². The van der Waals surface area contributed by atoms with Crippen LogP contribution in [-0.2, 0) is 6.54 Å². The van der Waals surface area contributed by atoms with Gasteiger partial charge in [-0.25, -0.2) is 0 Å². The smallest absolute Gasteiger partial charge is 0.413 e. The number of ether oxygens (including phenoxy) is 1. The van der Waals surface area contributed by atoms with Gasteiger partial charge in [-0.1, -0.05) is 0 Å². The second-order valence-electron chi connectivity index (χ2n) is 2.61. The van der Waals surface area contributed by atoms with Crippen LogP contribution in [0.2, 0.25) is 0 Å². The lowest BCUT2D eigenvalue weighted by Gasteiger charge is -2.03. The quantitative estimate of drug-likeness (QED) is 0.718. The number of oxazole rings is 1. The van der Waals surface area contributed by atoms with Crippen molar-refractivity contribution < 1.29 is 22.3 Å². The Morgan fingerprint density at radius 1 is 1.53 bits per heavy atom. The van der Waals surface area contributed by atoms with Gasteiger partial charge in [-0.15, -0.1) is 13.2 Å². The van der Waals surface area contributed by atoms with E-state index in [1.165, 1.54) is 0 Å². The molecule has 1 aromatic rings. The molecule has 0 aromatic carbocycles. The molecule has 0 spiro atoms. The fourth-order valence-corrected chi connectivity index (χ4v) is 0.831. The number of nitrogens with zero attached hydrogens (tertiary/aromatic N) is 1. The SMILES string of the molecule is NCCNCc1cnc(OC(F)(F)F)o1. The van der Waals surface area contributed by atoms with Gasteiger partial charge >= 0.3 is 12.4 Å². The number of aromatic nitrogens is 1. The van der Waals surface area contributed by atoms with Gasteiger partial charge in [-0.2, -0.15) is 4.98 Å². The van der Waals surface area contributed by atoms with E-state index >= 15 is 0 Å². The minimum absolute atomic E-state index is 0.253. The third-order valence-corrected chi connectivity index (χ3v) is 1.36. The maximum atomic E-state index is 11.7. The zero-order valence-corrected chi connectivity index (χ0v) is 7.67. The van der Waals surface area contributed by atoms with Crippen LogP contribution in [0.1, 0.15) is 5.76 Å². The summed E-state index contributed by atoms with van der Waals surface area (Å²) in [5.41, 5.74) is 5.20. The highest BCUT2D eigenvalue weighted by Gasteiger charge is 2.33. The van der Waals surface area contributed by atoms with Gasteiger partial charge in [0.2, 0.25) is 0 Å². The van der Waals surface area contributed by atoms with Gasteiger partial charge in [0.15, 0.2) is 0 Å². The molecule has 0 radical (unpaired) electrons. The summed E-state index contributed by atoms with van der Waals surface area (Å²) in [6, 6.07) is 0. The van der Waals surface area contributed by atoms with Gasteiger partial charge in [0.05, 0.1) is 12.7 Å². The molecule has 1 heterocycles. The van der Waals surface area contributed by atoms with Crippen molar-refractivity contribution >= 4 is 0 Å². The van der Waals surface area contributed by atoms with Crippen molar-refractivity contribution in [2.24, 2.45) is 5.73 Å². The predicted octanol–water partition coefficient (Wildman–Crippen LogP) is 0.621. The van der Waals surface area contributed by atoms with Gasteiger partial charge in [0.25, 0.3) is 0 Å². The molecule has 3 N–H and O–H groups in total. The lowest BCUT2D eigenvalue weighted by Crippen LogP contribution is -2.21. The Morgan fingerprint density at radius 3 is 2.87 bits per heavy atom. The number of rotatable bonds is 5. The largest absolute Gasteiger partial charge is 0.576 e. The van der Waals surface area contributed by atoms with Gasteiger partial charge in [0.1, 0.15) is 5.76 Å². The van der Waals surface area contributed by atoms with Crippen molar-refractivity contribution in [3.05, 3.63) is 12.0 Å². The highest BCUT2D eigenvalue weighted by molar-refractivity contribution is 4.97. The summed E-state index contributed by atoms with van der Waals surface area (Å²) in [7, 11) is 0. The Balaban J connectivity index is 2.42. The minimum Gasteiger partial charge on any atom is -0.413 e. The van der Waals surface area contributed by atoms with Gasteiger partial charge in [-0.3, -0.25) is 0 Å². The summed E-state index contributed by atoms with van der Waals surface area (Å²) < 4.78 is 43.2. The van der Waals surface area contributed by atoms with Crippen LogP contribution in [-0.4, -0.2) is 24.4 Å². The number of nitrogens with two attached hydrogens (primary N) is 1. The average molecular weight is 225 g/mol. The zero-order chi connectivity index (χ0) is 11.3. The van der Waals surface area contributed by atoms with Gasteiger partial charge in [0, 0.05) is 13.1 Å². The fourth-order valence-electron chi connectivity index (χ4n) is 0.831. The third kappa shape index (κ3) is 4.66. The number of hydrogen-bond donors (Lipinski definition) is 2. The molecule has 86 valence electrons. The van der Waals surface area contributed by atoms with Crippen LogP contribution in [0, 0.1) is 0 Å². The fraction of sp³-hybridized carbons (Fsp3) is 0.571. The van der Waals surface area contributed by atoms with E-state index in [0.29, 0.717) is 13.1 Å². The van der Waals surface area contributed by atoms with E-state index in [9.17, 15) is 13.2 Å². The molecule has 1 aromatic heterocycles. The molecule has 15 heavy (non-hydrogen) atoms. The van der Waals surface area contributed by atoms with Crippen molar-refractivity contribution in [1.29, 1.82) is 0 Å². The number of hydrogen-bond acceptors (Lipinski definition) is 5. The maximum Gasteiger partial charge on any atom is 0.576 e. The van der Waals surface area contributed by atoms with Gasteiger partial charge < -0.3 is 20.2 Å². The van der Waals surface area contributed by atoms with E-state index in [4.69, 9.17) is 5.73 Å². The highest BCUT2D eigenvalue weighted by atomic mass is 19.4. The summed E-state index contributed by atoms with van der Waals surface area (Å²) in [6.07, 6.45) is -4.44. The molecule has 0 unspecified atom stereocenters. The summed E-state index contributed by atoms with van der Waals surface area (Å²) in [5, 5.41) is 2.83. The molecule has 0 saturated carbocycles. The van der Waals surface area contributed by atoms with Crippen molar-refractivity contribution in [2.45, 2.75) is 12.9 Å². The lowest BCUT2D eigenvalue weighted by molar-refractivity contribution is -0.282. The van der Waals surface area contributed by atoms with E-state index in [0.717, 1.165) is 6.20 Å². The monoisotopic (exact) mass is 225 g/mol. The van der Waals surface area contributed by atoms with Crippen LogP contribution in [0.4, 0.5) is 13.2 Å². The zero-order valence-electron chi connectivity index (χ0n) is 7.67. The molecule has 0 saturated heterocycles. The summed E-state index contributed by atoms with van der Waals surface area (Å²) >= 11 is 0. The third-order valence-electron chi connectivity index (χ3n) is 1.36. The Bertz CT molecular complexity index is 300. The second kappa shape index (κ2) is 4.99. The second-order valence-corrected chi connectivity index (χ2v) is 2.61. The minimum atomic E-state index is -4.78. The van der Waals surface area contributed by atoms with E-state index < -0.39 is 12.4 Å². The normalized spacial score (nSPS) is 11.7. The van der Waals surface area contributed by atoms with E-state index in [1.807, 2.05) is 0 Å². The maximum absolute atomic E-state index is 11.7. The Morgan fingerprint density at radius 2 is 2.27 bits per heavy atom. The summed E-state index contributed by atoms with van der Waals surface area (Å²) in [4.78, 5) is 3.30. The summed E-state index contributed by atoms with van der Waals surface area (Å²) in [6.45, 7) is 1.22. The van der Waals surface area contributed by atoms with E-state index in [-0.39, 0.29) is 12.3 Å². The highest BCUT2D eigenvalue weighted by Crippen LogP contribution is 2.21. The van der Waals surface area contributed by atoms with Crippen LogP contribution < -0.4 is 15.8 Å². The first-order valence-electron chi connectivity index (χ1n) is 4.12. The Kier molecular flexibility index (Phi) is 3.92. The molecule has 0 aliphatic heterocycles. The van der Waals surface area contributed by atoms with Crippen molar-refractivity contribution in [3.63, 3.8) is 0 Å². The number of halogens is 3. The molecule has 8 heteroatoms. The van der Waals surface area contributed by atoms with Crippen LogP contribution in [0.15, 0.2) is 10.6 Å². The molecular weight excluding hydrogens is 215 g/mol. The Hall–Kier alpha value is -1.28.